The SMILES string of the molecule is Cc1nc2ccc(CC(=O)Nc3ccc4oc(C(=O)N5CC[C@H](F)C5)cc4c3)cc2[nH]1. The number of carbonyl (C=O) groups excluding carboxylic acids is 2. The van der Waals surface area contributed by atoms with E-state index < -0.39 is 6.17 Å². The summed E-state index contributed by atoms with van der Waals surface area (Å²) in [5.74, 6) is 0.542. The van der Waals surface area contributed by atoms with Crippen LogP contribution < -0.4 is 5.32 Å². The van der Waals surface area contributed by atoms with Crippen molar-refractivity contribution < 1.29 is 18.4 Å². The van der Waals surface area contributed by atoms with E-state index in [9.17, 15) is 14.0 Å². The summed E-state index contributed by atoms with van der Waals surface area (Å²) in [4.78, 5) is 34.0. The van der Waals surface area contributed by atoms with Crippen molar-refractivity contribution in [2.75, 3.05) is 18.4 Å². The molecule has 4 aromatic rings. The van der Waals surface area contributed by atoms with Crippen LogP contribution in [0.2, 0.25) is 0 Å². The predicted octanol–water partition coefficient (Wildman–Crippen LogP) is 3.98. The third-order valence-corrected chi connectivity index (χ3v) is 5.46. The Bertz CT molecular complexity index is 1310. The van der Waals surface area contributed by atoms with E-state index in [1.54, 1.807) is 24.3 Å². The Balaban J connectivity index is 1.29. The fourth-order valence-electron chi connectivity index (χ4n) is 3.97. The molecule has 31 heavy (non-hydrogen) atoms. The lowest BCUT2D eigenvalue weighted by molar-refractivity contribution is -0.115. The Hall–Kier alpha value is -3.68. The van der Waals surface area contributed by atoms with Crippen LogP contribution in [-0.2, 0) is 11.2 Å². The number of alkyl halides is 1. The maximum atomic E-state index is 13.4. The Kier molecular flexibility index (Phi) is 4.69. The highest BCUT2D eigenvalue weighted by Crippen LogP contribution is 2.25. The molecule has 0 bridgehead atoms. The highest BCUT2D eigenvalue weighted by atomic mass is 19.1. The molecule has 2 amide bonds. The van der Waals surface area contributed by atoms with Crippen molar-refractivity contribution in [1.29, 1.82) is 0 Å². The number of hydrogen-bond donors (Lipinski definition) is 2. The number of amides is 2. The first-order valence-electron chi connectivity index (χ1n) is 10.2. The van der Waals surface area contributed by atoms with Crippen molar-refractivity contribution in [1.82, 2.24) is 14.9 Å². The van der Waals surface area contributed by atoms with Crippen molar-refractivity contribution in [2.24, 2.45) is 0 Å². The first-order valence-corrected chi connectivity index (χ1v) is 10.2. The molecule has 0 radical (unpaired) electrons. The summed E-state index contributed by atoms with van der Waals surface area (Å²) in [6, 6.07) is 12.5. The highest BCUT2D eigenvalue weighted by molar-refractivity contribution is 5.98. The lowest BCUT2D eigenvalue weighted by Gasteiger charge is -2.12. The van der Waals surface area contributed by atoms with Crippen LogP contribution in [0, 0.1) is 6.92 Å². The van der Waals surface area contributed by atoms with Crippen LogP contribution in [0.15, 0.2) is 46.9 Å². The molecule has 1 aliphatic heterocycles. The number of rotatable bonds is 4. The molecule has 2 aromatic carbocycles. The van der Waals surface area contributed by atoms with Gasteiger partial charge >= 0.3 is 0 Å². The molecule has 0 saturated carbocycles. The zero-order chi connectivity index (χ0) is 21.5. The highest BCUT2D eigenvalue weighted by Gasteiger charge is 2.28. The average Bonchev–Trinajstić information content (AvgIpc) is 3.43. The van der Waals surface area contributed by atoms with Gasteiger partial charge in [-0.15, -0.1) is 0 Å². The normalized spacial score (nSPS) is 16.3. The molecule has 5 rings (SSSR count). The number of benzene rings is 2. The minimum atomic E-state index is -0.979. The van der Waals surface area contributed by atoms with E-state index in [4.69, 9.17) is 4.42 Å². The van der Waals surface area contributed by atoms with Crippen molar-refractivity contribution in [3.63, 3.8) is 0 Å². The Morgan fingerprint density at radius 1 is 1.26 bits per heavy atom. The van der Waals surface area contributed by atoms with Crippen molar-refractivity contribution in [2.45, 2.75) is 25.9 Å². The summed E-state index contributed by atoms with van der Waals surface area (Å²) in [5.41, 5.74) is 3.80. The summed E-state index contributed by atoms with van der Waals surface area (Å²) in [6.07, 6.45) is -0.400. The molecule has 8 heteroatoms. The van der Waals surface area contributed by atoms with Gasteiger partial charge in [-0.05, 0) is 55.3 Å². The van der Waals surface area contributed by atoms with E-state index >= 15 is 0 Å². The molecule has 158 valence electrons. The van der Waals surface area contributed by atoms with Gasteiger partial charge in [0.25, 0.3) is 5.91 Å². The van der Waals surface area contributed by atoms with Crippen LogP contribution in [0.1, 0.15) is 28.4 Å². The Labute approximate surface area is 177 Å². The van der Waals surface area contributed by atoms with Gasteiger partial charge in [0, 0.05) is 17.6 Å². The number of aromatic amines is 1. The maximum Gasteiger partial charge on any atom is 0.289 e. The number of halogens is 1. The number of furan rings is 1. The Morgan fingerprint density at radius 3 is 2.94 bits per heavy atom. The van der Waals surface area contributed by atoms with E-state index in [1.807, 2.05) is 25.1 Å². The van der Waals surface area contributed by atoms with Gasteiger partial charge in [0.1, 0.15) is 17.6 Å². The summed E-state index contributed by atoms with van der Waals surface area (Å²) in [7, 11) is 0. The van der Waals surface area contributed by atoms with Crippen molar-refractivity contribution >= 4 is 39.5 Å². The van der Waals surface area contributed by atoms with Crippen LogP contribution in [0.3, 0.4) is 0 Å². The van der Waals surface area contributed by atoms with Gasteiger partial charge in [0.2, 0.25) is 5.91 Å². The van der Waals surface area contributed by atoms with Crippen LogP contribution in [0.25, 0.3) is 22.0 Å². The standard InChI is InChI=1S/C23H21FN4O3/c1-13-25-18-4-2-14(8-19(18)26-13)9-22(29)27-17-3-5-20-15(10-17)11-21(31-20)23(30)28-7-6-16(24)12-28/h2-5,8,10-11,16H,6-7,9,12H2,1H3,(H,25,26)(H,27,29)/t16-/m0/s1. The molecule has 1 saturated heterocycles. The second-order valence-electron chi connectivity index (χ2n) is 7.90. The Morgan fingerprint density at radius 2 is 2.13 bits per heavy atom. The minimum absolute atomic E-state index is 0.0983. The number of nitrogens with one attached hydrogen (secondary N) is 2. The number of aromatic nitrogens is 2. The monoisotopic (exact) mass is 420 g/mol. The number of imidazole rings is 1. The number of hydrogen-bond acceptors (Lipinski definition) is 4. The summed E-state index contributed by atoms with van der Waals surface area (Å²) < 4.78 is 19.0. The summed E-state index contributed by atoms with van der Waals surface area (Å²) >= 11 is 0. The molecular weight excluding hydrogens is 399 g/mol. The summed E-state index contributed by atoms with van der Waals surface area (Å²) in [5, 5.41) is 3.58. The first kappa shape index (κ1) is 19.3. The largest absolute Gasteiger partial charge is 0.451 e. The van der Waals surface area contributed by atoms with E-state index in [0.29, 0.717) is 29.6 Å². The molecule has 0 unspecified atom stereocenters. The van der Waals surface area contributed by atoms with Gasteiger partial charge in [-0.2, -0.15) is 0 Å². The van der Waals surface area contributed by atoms with Crippen LogP contribution in [0.4, 0.5) is 10.1 Å². The number of aryl methyl sites for hydroxylation is 1. The van der Waals surface area contributed by atoms with Gasteiger partial charge in [0.05, 0.1) is 24.0 Å². The third-order valence-electron chi connectivity index (χ3n) is 5.46. The molecule has 7 nitrogen and oxygen atoms in total. The number of fused-ring (bicyclic) bond motifs is 2. The number of likely N-dealkylation sites (tertiary alicyclic amines) is 1. The van der Waals surface area contributed by atoms with Gasteiger partial charge in [-0.3, -0.25) is 9.59 Å². The predicted molar refractivity (Wildman–Crippen MR) is 115 cm³/mol. The van der Waals surface area contributed by atoms with Gasteiger partial charge in [-0.1, -0.05) is 6.07 Å². The van der Waals surface area contributed by atoms with E-state index in [1.165, 1.54) is 4.90 Å². The topological polar surface area (TPSA) is 91.2 Å². The fourth-order valence-corrected chi connectivity index (χ4v) is 3.97. The number of nitrogens with zero attached hydrogens (tertiary/aromatic N) is 2. The zero-order valence-corrected chi connectivity index (χ0v) is 16.9. The lowest BCUT2D eigenvalue weighted by atomic mass is 10.1. The molecule has 1 atom stereocenters. The fraction of sp³-hybridized carbons (Fsp3) is 0.261. The second kappa shape index (κ2) is 7.54. The molecule has 1 fully saturated rings. The van der Waals surface area contributed by atoms with Crippen LogP contribution in [0.5, 0.6) is 0 Å². The van der Waals surface area contributed by atoms with Crippen LogP contribution in [-0.4, -0.2) is 45.9 Å². The molecule has 3 heterocycles. The maximum absolute atomic E-state index is 13.4. The zero-order valence-electron chi connectivity index (χ0n) is 16.9. The van der Waals surface area contributed by atoms with Crippen LogP contribution >= 0.6 is 0 Å². The molecule has 0 aliphatic carbocycles. The summed E-state index contributed by atoms with van der Waals surface area (Å²) in [6.45, 7) is 2.38. The molecular formula is C23H21FN4O3. The van der Waals surface area contributed by atoms with E-state index in [2.05, 4.69) is 15.3 Å². The van der Waals surface area contributed by atoms with Gasteiger partial charge in [0.15, 0.2) is 5.76 Å². The van der Waals surface area contributed by atoms with E-state index in [0.717, 1.165) is 22.4 Å². The number of H-pyrrole nitrogens is 1. The quantitative estimate of drug-likeness (QED) is 0.522. The molecule has 2 N–H and O–H groups in total. The van der Waals surface area contributed by atoms with Gasteiger partial charge in [-0.25, -0.2) is 9.37 Å². The smallest absolute Gasteiger partial charge is 0.289 e. The average molecular weight is 420 g/mol. The second-order valence-corrected chi connectivity index (χ2v) is 7.90. The minimum Gasteiger partial charge on any atom is -0.451 e. The lowest BCUT2D eigenvalue weighted by Crippen LogP contribution is -2.28. The first-order chi connectivity index (χ1) is 14.9. The number of carbonyl (C=O) groups is 2. The van der Waals surface area contributed by atoms with Gasteiger partial charge < -0.3 is 19.6 Å². The molecule has 0 spiro atoms. The van der Waals surface area contributed by atoms with Crippen molar-refractivity contribution in [3.8, 4) is 0 Å². The molecule has 2 aromatic heterocycles. The van der Waals surface area contributed by atoms with Crippen molar-refractivity contribution in [3.05, 3.63) is 59.6 Å². The third kappa shape index (κ3) is 3.88. The number of anilines is 1. The molecule has 1 aliphatic rings. The van der Waals surface area contributed by atoms with E-state index in [-0.39, 0.29) is 30.5 Å².